The van der Waals surface area contributed by atoms with Gasteiger partial charge in [-0.25, -0.2) is 4.79 Å². The van der Waals surface area contributed by atoms with Crippen molar-refractivity contribution in [3.8, 4) is 5.75 Å². The van der Waals surface area contributed by atoms with Crippen LogP contribution in [-0.4, -0.2) is 18.1 Å². The molecule has 0 aliphatic heterocycles. The molecule has 0 spiro atoms. The van der Waals surface area contributed by atoms with E-state index in [1.807, 2.05) is 60.7 Å². The Hall–Kier alpha value is -3.87. The Bertz CT molecular complexity index is 922. The third-order valence-corrected chi connectivity index (χ3v) is 4.18. The third-order valence-electron chi connectivity index (χ3n) is 4.18. The zero-order chi connectivity index (χ0) is 19.9. The molecule has 0 radical (unpaired) electrons. The number of amides is 2. The zero-order valence-electron chi connectivity index (χ0n) is 15.2. The number of urea groups is 1. The maximum absolute atomic E-state index is 12.7. The number of nitrogens with one attached hydrogen (secondary N) is 2. The number of hydrogen-bond donors (Lipinski definition) is 2. The Labute approximate surface area is 162 Å². The second-order valence-corrected chi connectivity index (χ2v) is 5.99. The van der Waals surface area contributed by atoms with Gasteiger partial charge in [0.05, 0.1) is 23.8 Å². The molecule has 142 valence electrons. The topological polar surface area (TPSA) is 93.5 Å². The van der Waals surface area contributed by atoms with Crippen molar-refractivity contribution in [2.24, 2.45) is 0 Å². The molecule has 2 N–H and O–H groups in total. The van der Waals surface area contributed by atoms with E-state index in [9.17, 15) is 14.9 Å². The standard InChI is InChI=1S/C21H19N3O4/c1-28-19-13-12-17(24(26)27)14-18(19)22-21(25)23-20(15-8-4-2-5-9-15)16-10-6-3-7-11-16/h2-14,20H,1H3,(H2,22,23,25). The second kappa shape index (κ2) is 8.68. The normalized spacial score (nSPS) is 10.4. The molecule has 0 aliphatic rings. The smallest absolute Gasteiger partial charge is 0.320 e. The lowest BCUT2D eigenvalue weighted by molar-refractivity contribution is -0.384. The van der Waals surface area contributed by atoms with Crippen molar-refractivity contribution in [2.75, 3.05) is 12.4 Å². The van der Waals surface area contributed by atoms with Crippen molar-refractivity contribution in [2.45, 2.75) is 6.04 Å². The van der Waals surface area contributed by atoms with Crippen LogP contribution in [0.15, 0.2) is 78.9 Å². The molecule has 3 rings (SSSR count). The number of nitro benzene ring substituents is 1. The fraction of sp³-hybridized carbons (Fsp3) is 0.0952. The molecule has 3 aromatic carbocycles. The molecule has 0 bridgehead atoms. The van der Waals surface area contributed by atoms with E-state index in [-0.39, 0.29) is 17.4 Å². The fourth-order valence-corrected chi connectivity index (χ4v) is 2.85. The van der Waals surface area contributed by atoms with Gasteiger partial charge in [-0.15, -0.1) is 0 Å². The first-order chi connectivity index (χ1) is 13.6. The Morgan fingerprint density at radius 3 is 2.04 bits per heavy atom. The van der Waals surface area contributed by atoms with Crippen LogP contribution >= 0.6 is 0 Å². The predicted octanol–water partition coefficient (Wildman–Crippen LogP) is 4.51. The molecule has 28 heavy (non-hydrogen) atoms. The molecule has 0 fully saturated rings. The van der Waals surface area contributed by atoms with Gasteiger partial charge in [0.15, 0.2) is 0 Å². The minimum absolute atomic E-state index is 0.140. The van der Waals surface area contributed by atoms with Crippen LogP contribution in [0.3, 0.4) is 0 Å². The van der Waals surface area contributed by atoms with Gasteiger partial charge in [0.1, 0.15) is 5.75 Å². The van der Waals surface area contributed by atoms with E-state index < -0.39 is 11.0 Å². The lowest BCUT2D eigenvalue weighted by Crippen LogP contribution is -2.33. The molecule has 0 saturated carbocycles. The Balaban J connectivity index is 1.85. The van der Waals surface area contributed by atoms with Crippen molar-refractivity contribution in [3.63, 3.8) is 0 Å². The Kier molecular flexibility index (Phi) is 5.86. The van der Waals surface area contributed by atoms with Crippen LogP contribution in [0.5, 0.6) is 5.75 Å². The van der Waals surface area contributed by atoms with E-state index in [0.717, 1.165) is 11.1 Å². The first-order valence-electron chi connectivity index (χ1n) is 8.58. The van der Waals surface area contributed by atoms with Gasteiger partial charge < -0.3 is 15.4 Å². The van der Waals surface area contributed by atoms with Crippen LogP contribution in [-0.2, 0) is 0 Å². The molecule has 0 saturated heterocycles. The maximum Gasteiger partial charge on any atom is 0.320 e. The number of carbonyl (C=O) groups excluding carboxylic acids is 1. The number of benzene rings is 3. The van der Waals surface area contributed by atoms with Crippen molar-refractivity contribution >= 4 is 17.4 Å². The summed E-state index contributed by atoms with van der Waals surface area (Å²) in [6.45, 7) is 0. The molecule has 2 amide bonds. The molecule has 7 heteroatoms. The largest absolute Gasteiger partial charge is 0.495 e. The summed E-state index contributed by atoms with van der Waals surface area (Å²) in [6, 6.07) is 22.2. The number of anilines is 1. The van der Waals surface area contributed by atoms with Gasteiger partial charge >= 0.3 is 6.03 Å². The number of methoxy groups -OCH3 is 1. The summed E-state index contributed by atoms with van der Waals surface area (Å²) in [5.41, 5.74) is 1.90. The molecular formula is C21H19N3O4. The van der Waals surface area contributed by atoms with Crippen LogP contribution in [0.4, 0.5) is 16.2 Å². The number of non-ortho nitro benzene ring substituents is 1. The van der Waals surface area contributed by atoms with Crippen LogP contribution in [0.2, 0.25) is 0 Å². The molecule has 3 aromatic rings. The van der Waals surface area contributed by atoms with Gasteiger partial charge in [-0.3, -0.25) is 10.1 Å². The average molecular weight is 377 g/mol. The Morgan fingerprint density at radius 1 is 0.964 bits per heavy atom. The predicted molar refractivity (Wildman–Crippen MR) is 107 cm³/mol. The fourth-order valence-electron chi connectivity index (χ4n) is 2.85. The number of nitrogens with zero attached hydrogens (tertiary/aromatic N) is 1. The number of ether oxygens (including phenoxy) is 1. The van der Waals surface area contributed by atoms with Crippen LogP contribution < -0.4 is 15.4 Å². The van der Waals surface area contributed by atoms with Gasteiger partial charge in [-0.2, -0.15) is 0 Å². The number of hydrogen-bond acceptors (Lipinski definition) is 4. The van der Waals surface area contributed by atoms with Gasteiger partial charge in [-0.05, 0) is 17.2 Å². The highest BCUT2D eigenvalue weighted by Gasteiger charge is 2.19. The average Bonchev–Trinajstić information content (AvgIpc) is 2.73. The lowest BCUT2D eigenvalue weighted by atomic mass is 9.99. The number of rotatable bonds is 6. The van der Waals surface area contributed by atoms with Crippen molar-refractivity contribution in [3.05, 3.63) is 100 Å². The number of carbonyl (C=O) groups is 1. The van der Waals surface area contributed by atoms with Crippen molar-refractivity contribution in [1.29, 1.82) is 0 Å². The maximum atomic E-state index is 12.7. The van der Waals surface area contributed by atoms with Gasteiger partial charge in [0.25, 0.3) is 5.69 Å². The van der Waals surface area contributed by atoms with Crippen LogP contribution in [0.1, 0.15) is 17.2 Å². The third kappa shape index (κ3) is 4.45. The molecule has 0 aromatic heterocycles. The highest BCUT2D eigenvalue weighted by Crippen LogP contribution is 2.29. The first-order valence-corrected chi connectivity index (χ1v) is 8.58. The summed E-state index contributed by atoms with van der Waals surface area (Å²) in [4.78, 5) is 23.2. The Morgan fingerprint density at radius 2 is 1.54 bits per heavy atom. The molecule has 7 nitrogen and oxygen atoms in total. The first kappa shape index (κ1) is 18.9. The summed E-state index contributed by atoms with van der Waals surface area (Å²) in [5.74, 6) is 0.330. The van der Waals surface area contributed by atoms with E-state index in [2.05, 4.69) is 10.6 Å². The van der Waals surface area contributed by atoms with Crippen molar-refractivity contribution in [1.82, 2.24) is 5.32 Å². The second-order valence-electron chi connectivity index (χ2n) is 5.99. The monoisotopic (exact) mass is 377 g/mol. The van der Waals surface area contributed by atoms with Crippen LogP contribution in [0.25, 0.3) is 0 Å². The quantitative estimate of drug-likeness (QED) is 0.488. The number of nitro groups is 1. The van der Waals surface area contributed by atoms with E-state index in [1.54, 1.807) is 0 Å². The zero-order valence-corrected chi connectivity index (χ0v) is 15.2. The van der Waals surface area contributed by atoms with E-state index >= 15 is 0 Å². The summed E-state index contributed by atoms with van der Waals surface area (Å²) < 4.78 is 5.19. The summed E-state index contributed by atoms with van der Waals surface area (Å²) in [7, 11) is 1.43. The van der Waals surface area contributed by atoms with E-state index in [0.29, 0.717) is 5.75 Å². The van der Waals surface area contributed by atoms with E-state index in [1.165, 1.54) is 25.3 Å². The molecule has 0 unspecified atom stereocenters. The molecule has 0 heterocycles. The molecular weight excluding hydrogens is 358 g/mol. The summed E-state index contributed by atoms with van der Waals surface area (Å²) in [6.07, 6.45) is 0. The highest BCUT2D eigenvalue weighted by atomic mass is 16.6. The van der Waals surface area contributed by atoms with Gasteiger partial charge in [0, 0.05) is 12.1 Å². The minimum atomic E-state index is -0.529. The molecule has 0 atom stereocenters. The summed E-state index contributed by atoms with van der Waals surface area (Å²) >= 11 is 0. The lowest BCUT2D eigenvalue weighted by Gasteiger charge is -2.20. The highest BCUT2D eigenvalue weighted by molar-refractivity contribution is 5.92. The van der Waals surface area contributed by atoms with Crippen LogP contribution in [0, 0.1) is 10.1 Å². The van der Waals surface area contributed by atoms with E-state index in [4.69, 9.17) is 4.74 Å². The molecule has 0 aliphatic carbocycles. The van der Waals surface area contributed by atoms with Gasteiger partial charge in [0.2, 0.25) is 0 Å². The minimum Gasteiger partial charge on any atom is -0.495 e. The summed E-state index contributed by atoms with van der Waals surface area (Å²) in [5, 5.41) is 16.6. The SMILES string of the molecule is COc1ccc([N+](=O)[O-])cc1NC(=O)NC(c1ccccc1)c1ccccc1. The van der Waals surface area contributed by atoms with Gasteiger partial charge in [-0.1, -0.05) is 60.7 Å². The van der Waals surface area contributed by atoms with Crippen molar-refractivity contribution < 1.29 is 14.5 Å².